The van der Waals surface area contributed by atoms with Crippen molar-refractivity contribution in [1.29, 1.82) is 0 Å². The van der Waals surface area contributed by atoms with Crippen molar-refractivity contribution in [1.82, 2.24) is 4.90 Å². The predicted octanol–water partition coefficient (Wildman–Crippen LogP) is 5.78. The minimum atomic E-state index is -0.800. The van der Waals surface area contributed by atoms with Crippen molar-refractivity contribution in [2.24, 2.45) is 0 Å². The first-order valence-corrected chi connectivity index (χ1v) is 13.4. The first kappa shape index (κ1) is 26.0. The molecule has 1 aliphatic carbocycles. The molecule has 0 bridgehead atoms. The summed E-state index contributed by atoms with van der Waals surface area (Å²) < 4.78 is 18.0. The summed E-state index contributed by atoms with van der Waals surface area (Å²) in [5, 5.41) is 0. The van der Waals surface area contributed by atoms with Gasteiger partial charge in [-0.25, -0.2) is 4.79 Å². The highest BCUT2D eigenvalue weighted by molar-refractivity contribution is 5.88. The zero-order valence-electron chi connectivity index (χ0n) is 22.1. The number of hydrogen-bond donors (Lipinski definition) is 0. The second-order valence-corrected chi connectivity index (χ2v) is 10.4. The van der Waals surface area contributed by atoms with Crippen molar-refractivity contribution in [2.45, 2.75) is 69.9 Å². The van der Waals surface area contributed by atoms with E-state index in [-0.39, 0.29) is 18.1 Å². The van der Waals surface area contributed by atoms with Gasteiger partial charge in [0.05, 0.1) is 12.7 Å². The fourth-order valence-electron chi connectivity index (χ4n) is 5.60. The minimum absolute atomic E-state index is 0.221. The molecule has 5 rings (SSSR count). The molecule has 1 amide bonds. The molecule has 0 spiro atoms. The van der Waals surface area contributed by atoms with Crippen LogP contribution in [0.15, 0.2) is 78.9 Å². The Balaban J connectivity index is 1.45. The third-order valence-corrected chi connectivity index (χ3v) is 7.73. The molecule has 1 saturated carbocycles. The summed E-state index contributed by atoms with van der Waals surface area (Å²) in [5.41, 5.74) is 3.37. The first-order chi connectivity index (χ1) is 18.5. The number of methoxy groups -OCH3 is 1. The highest BCUT2D eigenvalue weighted by Gasteiger charge is 2.42. The van der Waals surface area contributed by atoms with Gasteiger partial charge < -0.3 is 19.1 Å². The van der Waals surface area contributed by atoms with E-state index in [2.05, 4.69) is 6.92 Å². The topological polar surface area (TPSA) is 65.1 Å². The van der Waals surface area contributed by atoms with E-state index in [0.29, 0.717) is 13.0 Å². The van der Waals surface area contributed by atoms with E-state index in [1.165, 1.54) is 7.11 Å². The van der Waals surface area contributed by atoms with Gasteiger partial charge in [0.15, 0.2) is 6.10 Å². The van der Waals surface area contributed by atoms with Gasteiger partial charge in [0.1, 0.15) is 18.4 Å². The van der Waals surface area contributed by atoms with Crippen LogP contribution in [0.3, 0.4) is 0 Å². The molecule has 1 unspecified atom stereocenters. The fourth-order valence-corrected chi connectivity index (χ4v) is 5.60. The van der Waals surface area contributed by atoms with Gasteiger partial charge in [-0.1, -0.05) is 85.6 Å². The molecule has 2 aliphatic rings. The molecule has 0 N–H and O–H groups in total. The number of carbonyl (C=O) groups excluding carboxylic acids is 2. The number of amides is 1. The molecule has 0 saturated heterocycles. The SMILES string of the molecule is COC(=O)[C@@H]1Cc2c(cccc2OCc2ccccc2)CN1C(=O)C(OC1(C)CCCC1)c1ccccc1. The second-order valence-electron chi connectivity index (χ2n) is 10.4. The average molecular weight is 514 g/mol. The second kappa shape index (κ2) is 11.4. The van der Waals surface area contributed by atoms with E-state index in [1.807, 2.05) is 78.9 Å². The Labute approximate surface area is 224 Å². The Morgan fingerprint density at radius 1 is 0.947 bits per heavy atom. The maximum Gasteiger partial charge on any atom is 0.328 e. The Bertz CT molecular complexity index is 1250. The van der Waals surface area contributed by atoms with Crippen molar-refractivity contribution in [3.63, 3.8) is 0 Å². The number of rotatable bonds is 8. The normalized spacial score (nSPS) is 18.9. The molecule has 0 aromatic heterocycles. The lowest BCUT2D eigenvalue weighted by Crippen LogP contribution is -2.51. The lowest BCUT2D eigenvalue weighted by Gasteiger charge is -2.39. The maximum atomic E-state index is 14.2. The van der Waals surface area contributed by atoms with Gasteiger partial charge in [0, 0.05) is 18.5 Å². The van der Waals surface area contributed by atoms with E-state index < -0.39 is 18.1 Å². The quantitative estimate of drug-likeness (QED) is 0.357. The molecule has 1 heterocycles. The van der Waals surface area contributed by atoms with E-state index in [1.54, 1.807) is 4.90 Å². The molecular formula is C32H35NO5. The van der Waals surface area contributed by atoms with E-state index in [9.17, 15) is 9.59 Å². The number of hydrogen-bond acceptors (Lipinski definition) is 5. The highest BCUT2D eigenvalue weighted by Crippen LogP contribution is 2.39. The molecule has 6 heteroatoms. The lowest BCUT2D eigenvalue weighted by atomic mass is 9.92. The highest BCUT2D eigenvalue weighted by atomic mass is 16.5. The molecule has 0 radical (unpaired) electrons. The van der Waals surface area contributed by atoms with Crippen LogP contribution in [0.4, 0.5) is 0 Å². The van der Waals surface area contributed by atoms with Crippen molar-refractivity contribution in [3.8, 4) is 5.75 Å². The van der Waals surface area contributed by atoms with Crippen molar-refractivity contribution >= 4 is 11.9 Å². The molecule has 198 valence electrons. The van der Waals surface area contributed by atoms with Gasteiger partial charge in [0.25, 0.3) is 5.91 Å². The van der Waals surface area contributed by atoms with Crippen LogP contribution in [0.5, 0.6) is 5.75 Å². The maximum absolute atomic E-state index is 14.2. The van der Waals surface area contributed by atoms with Crippen LogP contribution in [0.1, 0.15) is 61.0 Å². The van der Waals surface area contributed by atoms with Gasteiger partial charge in [-0.2, -0.15) is 0 Å². The Morgan fingerprint density at radius 3 is 2.32 bits per heavy atom. The summed E-state index contributed by atoms with van der Waals surface area (Å²) in [4.78, 5) is 28.9. The van der Waals surface area contributed by atoms with Gasteiger partial charge in [-0.15, -0.1) is 0 Å². The van der Waals surface area contributed by atoms with Gasteiger partial charge >= 0.3 is 5.97 Å². The number of nitrogens with zero attached hydrogens (tertiary/aromatic N) is 1. The van der Waals surface area contributed by atoms with E-state index in [0.717, 1.165) is 53.7 Å². The summed E-state index contributed by atoms with van der Waals surface area (Å²) in [6.45, 7) is 2.79. The Hall–Kier alpha value is -3.64. The standard InChI is InChI=1S/C32H35NO5/c1-32(18-9-10-19-32)38-29(24-14-7-4-8-15-24)30(34)33-21-25-16-11-17-28(26(25)20-27(33)31(35)36-2)37-22-23-12-5-3-6-13-23/h3-8,11-17,27,29H,9-10,18-22H2,1-2H3/t27-,29?/m0/s1. The number of fused-ring (bicyclic) bond motifs is 1. The van der Waals surface area contributed by atoms with Crippen molar-refractivity contribution in [2.75, 3.05) is 7.11 Å². The Kier molecular flexibility index (Phi) is 7.79. The molecular weight excluding hydrogens is 478 g/mol. The summed E-state index contributed by atoms with van der Waals surface area (Å²) in [5.74, 6) is 0.0587. The average Bonchev–Trinajstić information content (AvgIpc) is 3.40. The summed E-state index contributed by atoms with van der Waals surface area (Å²) in [7, 11) is 1.36. The van der Waals surface area contributed by atoms with Crippen LogP contribution in [0, 0.1) is 0 Å². The zero-order chi connectivity index (χ0) is 26.5. The predicted molar refractivity (Wildman–Crippen MR) is 144 cm³/mol. The van der Waals surface area contributed by atoms with Gasteiger partial charge in [-0.3, -0.25) is 4.79 Å². The van der Waals surface area contributed by atoms with E-state index in [4.69, 9.17) is 14.2 Å². The van der Waals surface area contributed by atoms with Crippen LogP contribution in [0.2, 0.25) is 0 Å². The summed E-state index contributed by atoms with van der Waals surface area (Å²) in [6, 6.07) is 24.6. The largest absolute Gasteiger partial charge is 0.489 e. The number of carbonyl (C=O) groups is 2. The summed E-state index contributed by atoms with van der Waals surface area (Å²) in [6.07, 6.45) is 3.51. The van der Waals surface area contributed by atoms with Crippen LogP contribution >= 0.6 is 0 Å². The third kappa shape index (κ3) is 5.60. The van der Waals surface area contributed by atoms with Crippen molar-refractivity contribution in [3.05, 3.63) is 101 Å². The van der Waals surface area contributed by atoms with Crippen LogP contribution in [-0.2, 0) is 38.6 Å². The molecule has 6 nitrogen and oxygen atoms in total. The van der Waals surface area contributed by atoms with Gasteiger partial charge in [-0.05, 0) is 42.5 Å². The van der Waals surface area contributed by atoms with Crippen LogP contribution in [-0.4, -0.2) is 35.5 Å². The fraction of sp³-hybridized carbons (Fsp3) is 0.375. The van der Waals surface area contributed by atoms with Crippen molar-refractivity contribution < 1.29 is 23.8 Å². The molecule has 1 fully saturated rings. The molecule has 38 heavy (non-hydrogen) atoms. The van der Waals surface area contributed by atoms with Gasteiger partial charge in [0.2, 0.25) is 0 Å². The zero-order valence-corrected chi connectivity index (χ0v) is 22.1. The number of benzene rings is 3. The molecule has 1 aliphatic heterocycles. The smallest absolute Gasteiger partial charge is 0.328 e. The monoisotopic (exact) mass is 513 g/mol. The third-order valence-electron chi connectivity index (χ3n) is 7.73. The minimum Gasteiger partial charge on any atom is -0.489 e. The Morgan fingerprint density at radius 2 is 1.63 bits per heavy atom. The molecule has 2 atom stereocenters. The number of esters is 1. The lowest BCUT2D eigenvalue weighted by molar-refractivity contribution is -0.167. The number of ether oxygens (including phenoxy) is 3. The van der Waals surface area contributed by atoms with Crippen LogP contribution < -0.4 is 4.74 Å². The van der Waals surface area contributed by atoms with E-state index >= 15 is 0 Å². The molecule has 3 aromatic rings. The summed E-state index contributed by atoms with van der Waals surface area (Å²) >= 11 is 0. The first-order valence-electron chi connectivity index (χ1n) is 13.4. The van der Waals surface area contributed by atoms with Crippen LogP contribution in [0.25, 0.3) is 0 Å². The molecule has 3 aromatic carbocycles.